The first kappa shape index (κ1) is 9.79. The highest BCUT2D eigenvalue weighted by atomic mass is 79.9. The first-order valence-corrected chi connectivity index (χ1v) is 4.97. The summed E-state index contributed by atoms with van der Waals surface area (Å²) in [6, 6.07) is 1.80. The molecule has 0 aromatic carbocycles. The summed E-state index contributed by atoms with van der Waals surface area (Å²) in [6.07, 6.45) is 3.24. The van der Waals surface area contributed by atoms with Crippen molar-refractivity contribution in [2.45, 2.75) is 6.54 Å². The highest BCUT2D eigenvalue weighted by molar-refractivity contribution is 9.10. The normalized spacial score (nSPS) is 12.8. The zero-order valence-corrected chi connectivity index (χ0v) is 8.39. The molecule has 0 radical (unpaired) electrons. The van der Waals surface area contributed by atoms with Gasteiger partial charge < -0.3 is 4.55 Å². The number of hydrogen-bond donors (Lipinski definition) is 1. The van der Waals surface area contributed by atoms with Gasteiger partial charge >= 0.3 is 0 Å². The average Bonchev–Trinajstić information content (AvgIpc) is 2.01. The van der Waals surface area contributed by atoms with E-state index in [-0.39, 0.29) is 6.54 Å². The van der Waals surface area contributed by atoms with E-state index in [9.17, 15) is 8.76 Å². The summed E-state index contributed by atoms with van der Waals surface area (Å²) in [4.78, 5) is 3.87. The molecule has 1 rings (SSSR count). The maximum atomic E-state index is 10.1. The molecule has 4 nitrogen and oxygen atoms in total. The van der Waals surface area contributed by atoms with Crippen LogP contribution < -0.4 is 4.72 Å². The van der Waals surface area contributed by atoms with E-state index in [0.717, 1.165) is 10.0 Å². The maximum Gasteiger partial charge on any atom is 0.0410 e. The number of halogens is 1. The molecule has 1 heterocycles. The smallest absolute Gasteiger partial charge is 0.0410 e. The SMILES string of the molecule is O=S([O-])NCc1cncc(Br)c1. The van der Waals surface area contributed by atoms with Crippen LogP contribution in [0, 0.1) is 0 Å². The number of pyridine rings is 1. The second kappa shape index (κ2) is 4.66. The van der Waals surface area contributed by atoms with E-state index in [4.69, 9.17) is 0 Å². The Morgan fingerprint density at radius 3 is 3.00 bits per heavy atom. The van der Waals surface area contributed by atoms with Crippen LogP contribution >= 0.6 is 15.9 Å². The van der Waals surface area contributed by atoms with Crippen LogP contribution in [0.4, 0.5) is 0 Å². The van der Waals surface area contributed by atoms with Crippen LogP contribution in [0.5, 0.6) is 0 Å². The number of aromatic nitrogens is 1. The quantitative estimate of drug-likeness (QED) is 0.804. The Balaban J connectivity index is 2.57. The Morgan fingerprint density at radius 2 is 2.42 bits per heavy atom. The summed E-state index contributed by atoms with van der Waals surface area (Å²) in [5, 5.41) is 0. The minimum absolute atomic E-state index is 0.266. The van der Waals surface area contributed by atoms with Crippen molar-refractivity contribution in [1.29, 1.82) is 0 Å². The van der Waals surface area contributed by atoms with Gasteiger partial charge in [0.15, 0.2) is 0 Å². The second-order valence-corrected chi connectivity index (χ2v) is 3.74. The molecule has 0 fully saturated rings. The molecule has 1 N–H and O–H groups in total. The van der Waals surface area contributed by atoms with E-state index in [0.29, 0.717) is 0 Å². The second-order valence-electron chi connectivity index (χ2n) is 2.07. The predicted molar refractivity (Wildman–Crippen MR) is 47.7 cm³/mol. The van der Waals surface area contributed by atoms with E-state index < -0.39 is 11.3 Å². The van der Waals surface area contributed by atoms with Crippen LogP contribution in [0.2, 0.25) is 0 Å². The molecule has 0 aliphatic rings. The van der Waals surface area contributed by atoms with Crippen LogP contribution in [-0.2, 0) is 17.8 Å². The van der Waals surface area contributed by atoms with Crippen molar-refractivity contribution in [2.75, 3.05) is 0 Å². The molecule has 0 saturated carbocycles. The Labute approximate surface area is 80.9 Å². The Kier molecular flexibility index (Phi) is 3.80. The van der Waals surface area contributed by atoms with E-state index in [1.807, 2.05) is 0 Å². The Bertz CT molecular complexity index is 295. The minimum atomic E-state index is -2.22. The highest BCUT2D eigenvalue weighted by Gasteiger charge is 1.93. The van der Waals surface area contributed by atoms with Gasteiger partial charge in [0.1, 0.15) is 0 Å². The van der Waals surface area contributed by atoms with Crippen molar-refractivity contribution in [2.24, 2.45) is 0 Å². The summed E-state index contributed by atoms with van der Waals surface area (Å²) in [7, 11) is 0. The third-order valence-electron chi connectivity index (χ3n) is 1.16. The molecule has 0 bridgehead atoms. The third-order valence-corrected chi connectivity index (χ3v) is 1.97. The van der Waals surface area contributed by atoms with Gasteiger partial charge in [0, 0.05) is 34.7 Å². The zero-order valence-electron chi connectivity index (χ0n) is 5.99. The first-order valence-electron chi connectivity index (χ1n) is 3.10. The van der Waals surface area contributed by atoms with Crippen LogP contribution in [0.1, 0.15) is 5.56 Å². The van der Waals surface area contributed by atoms with E-state index in [1.54, 1.807) is 18.5 Å². The van der Waals surface area contributed by atoms with Crippen molar-refractivity contribution in [3.8, 4) is 0 Å². The van der Waals surface area contributed by atoms with Crippen LogP contribution in [0.3, 0.4) is 0 Å². The standard InChI is InChI=1S/C6H7BrN2O2S/c7-6-1-5(2-8-4-6)3-9-12(10)11/h1-2,4,9H,3H2,(H,10,11)/p-1. The van der Waals surface area contributed by atoms with Gasteiger partial charge in [-0.15, -0.1) is 0 Å². The Morgan fingerprint density at radius 1 is 1.67 bits per heavy atom. The lowest BCUT2D eigenvalue weighted by Gasteiger charge is -2.06. The number of nitrogens with zero attached hydrogens (tertiary/aromatic N) is 1. The lowest BCUT2D eigenvalue weighted by atomic mass is 10.3. The van der Waals surface area contributed by atoms with Gasteiger partial charge in [-0.1, -0.05) is 0 Å². The van der Waals surface area contributed by atoms with Crippen LogP contribution in [-0.4, -0.2) is 13.7 Å². The molecule has 66 valence electrons. The molecule has 6 heteroatoms. The summed E-state index contributed by atoms with van der Waals surface area (Å²) < 4.78 is 23.3. The molecule has 1 aromatic rings. The molecular weight excluding hydrogens is 244 g/mol. The van der Waals surface area contributed by atoms with Crippen LogP contribution in [0.25, 0.3) is 0 Å². The highest BCUT2D eigenvalue weighted by Crippen LogP contribution is 2.08. The molecule has 0 spiro atoms. The van der Waals surface area contributed by atoms with Gasteiger partial charge in [-0.25, -0.2) is 4.72 Å². The van der Waals surface area contributed by atoms with Gasteiger partial charge in [0.05, 0.1) is 0 Å². The number of nitrogens with one attached hydrogen (secondary N) is 1. The monoisotopic (exact) mass is 249 g/mol. The van der Waals surface area contributed by atoms with E-state index >= 15 is 0 Å². The van der Waals surface area contributed by atoms with Gasteiger partial charge in [-0.2, -0.15) is 0 Å². The van der Waals surface area contributed by atoms with Crippen molar-refractivity contribution in [3.63, 3.8) is 0 Å². The van der Waals surface area contributed by atoms with E-state index in [2.05, 4.69) is 25.6 Å². The summed E-state index contributed by atoms with van der Waals surface area (Å²) in [5.41, 5.74) is 0.813. The van der Waals surface area contributed by atoms with Crippen LogP contribution in [0.15, 0.2) is 22.9 Å². The van der Waals surface area contributed by atoms with Crippen molar-refractivity contribution >= 4 is 27.2 Å². The number of rotatable bonds is 3. The molecule has 1 unspecified atom stereocenters. The molecule has 1 atom stereocenters. The van der Waals surface area contributed by atoms with Gasteiger partial charge in [-0.3, -0.25) is 9.19 Å². The number of hydrogen-bond acceptors (Lipinski definition) is 3. The lowest BCUT2D eigenvalue weighted by molar-refractivity contribution is 0.522. The Hall–Kier alpha value is -0.300. The lowest BCUT2D eigenvalue weighted by Crippen LogP contribution is -2.15. The molecule has 0 aliphatic carbocycles. The third kappa shape index (κ3) is 3.40. The molecule has 0 aliphatic heterocycles. The van der Waals surface area contributed by atoms with Gasteiger partial charge in [0.25, 0.3) is 0 Å². The average molecular weight is 250 g/mol. The fraction of sp³-hybridized carbons (Fsp3) is 0.167. The maximum absolute atomic E-state index is 10.1. The predicted octanol–water partition coefficient (Wildman–Crippen LogP) is 0.728. The molecular formula is C6H6BrN2O2S-. The van der Waals surface area contributed by atoms with Crippen molar-refractivity contribution in [3.05, 3.63) is 28.5 Å². The first-order chi connectivity index (χ1) is 5.68. The van der Waals surface area contributed by atoms with Gasteiger partial charge in [0.2, 0.25) is 0 Å². The summed E-state index contributed by atoms with van der Waals surface area (Å²) >= 11 is 1.01. The largest absolute Gasteiger partial charge is 0.760 e. The molecule has 0 amide bonds. The molecule has 12 heavy (non-hydrogen) atoms. The summed E-state index contributed by atoms with van der Waals surface area (Å²) in [6.45, 7) is 0.266. The molecule has 0 saturated heterocycles. The minimum Gasteiger partial charge on any atom is -0.760 e. The van der Waals surface area contributed by atoms with E-state index in [1.165, 1.54) is 0 Å². The summed E-state index contributed by atoms with van der Waals surface area (Å²) in [5.74, 6) is 0. The topological polar surface area (TPSA) is 65.0 Å². The van der Waals surface area contributed by atoms with Gasteiger partial charge in [-0.05, 0) is 27.6 Å². The molecule has 1 aromatic heterocycles. The fourth-order valence-electron chi connectivity index (χ4n) is 0.695. The van der Waals surface area contributed by atoms with Crippen molar-refractivity contribution < 1.29 is 8.76 Å². The van der Waals surface area contributed by atoms with Crippen molar-refractivity contribution in [1.82, 2.24) is 9.71 Å². The fourth-order valence-corrected chi connectivity index (χ4v) is 1.39. The zero-order chi connectivity index (χ0) is 8.97.